The molecule has 20 heavy (non-hydrogen) atoms. The molecule has 1 aromatic heterocycles. The molecular weight excluding hydrogens is 268 g/mol. The summed E-state index contributed by atoms with van der Waals surface area (Å²) in [5, 5.41) is 5.38. The quantitative estimate of drug-likeness (QED) is 0.734. The predicted molar refractivity (Wildman–Crippen MR) is 86.6 cm³/mol. The number of rotatable bonds is 4. The van der Waals surface area contributed by atoms with Crippen LogP contribution >= 0.6 is 11.6 Å². The summed E-state index contributed by atoms with van der Waals surface area (Å²) in [6.07, 6.45) is 2.00. The lowest BCUT2D eigenvalue weighted by Gasteiger charge is -2.09. The Balaban J connectivity index is 1.71. The molecule has 0 unspecified atom stereocenters. The molecule has 2 nitrogen and oxygen atoms in total. The van der Waals surface area contributed by atoms with E-state index in [9.17, 15) is 0 Å². The number of para-hydroxylation sites is 1. The van der Waals surface area contributed by atoms with Gasteiger partial charge in [0.05, 0.1) is 5.02 Å². The van der Waals surface area contributed by atoms with E-state index in [1.807, 2.05) is 18.3 Å². The summed E-state index contributed by atoms with van der Waals surface area (Å²) in [7, 11) is 0. The highest BCUT2D eigenvalue weighted by molar-refractivity contribution is 6.35. The molecule has 0 spiro atoms. The lowest BCUT2D eigenvalue weighted by atomic mass is 10.2. The number of nitrogens with one attached hydrogen (secondary N) is 1. The number of hydrogen-bond acceptors (Lipinski definition) is 1. The van der Waals surface area contributed by atoms with E-state index >= 15 is 0 Å². The van der Waals surface area contributed by atoms with Gasteiger partial charge in [0.15, 0.2) is 0 Å². The van der Waals surface area contributed by atoms with Crippen LogP contribution < -0.4 is 5.32 Å². The highest BCUT2D eigenvalue weighted by Crippen LogP contribution is 2.25. The van der Waals surface area contributed by atoms with E-state index in [2.05, 4.69) is 53.2 Å². The topological polar surface area (TPSA) is 17.0 Å². The molecule has 0 bridgehead atoms. The van der Waals surface area contributed by atoms with Gasteiger partial charge in [-0.15, -0.1) is 0 Å². The third kappa shape index (κ3) is 2.66. The predicted octanol–water partition coefficient (Wildman–Crippen LogP) is 4.72. The van der Waals surface area contributed by atoms with Crippen molar-refractivity contribution in [3.05, 3.63) is 65.3 Å². The Kier molecular flexibility index (Phi) is 3.66. The van der Waals surface area contributed by atoms with Crippen LogP contribution in [0.4, 0.5) is 5.69 Å². The van der Waals surface area contributed by atoms with Crippen LogP contribution in [0.5, 0.6) is 0 Å². The smallest absolute Gasteiger partial charge is 0.0661 e. The van der Waals surface area contributed by atoms with Crippen molar-refractivity contribution in [2.24, 2.45) is 0 Å². The number of anilines is 1. The van der Waals surface area contributed by atoms with Crippen LogP contribution in [-0.2, 0) is 6.54 Å². The van der Waals surface area contributed by atoms with Gasteiger partial charge in [-0.3, -0.25) is 0 Å². The largest absolute Gasteiger partial charge is 0.383 e. The van der Waals surface area contributed by atoms with E-state index in [0.717, 1.165) is 29.2 Å². The number of aryl methyl sites for hydroxylation is 1. The SMILES string of the molecule is Cc1cccc(NCCn2cc(Cl)c3ccccc32)c1. The summed E-state index contributed by atoms with van der Waals surface area (Å²) in [4.78, 5) is 0. The third-order valence-electron chi connectivity index (χ3n) is 3.44. The fourth-order valence-electron chi connectivity index (χ4n) is 2.46. The number of halogens is 1. The number of hydrogen-bond donors (Lipinski definition) is 1. The minimum atomic E-state index is 0.816. The molecule has 0 atom stereocenters. The van der Waals surface area contributed by atoms with E-state index in [1.165, 1.54) is 11.1 Å². The molecule has 0 radical (unpaired) electrons. The number of fused-ring (bicyclic) bond motifs is 1. The van der Waals surface area contributed by atoms with E-state index in [1.54, 1.807) is 0 Å². The Hall–Kier alpha value is -1.93. The minimum absolute atomic E-state index is 0.816. The van der Waals surface area contributed by atoms with Crippen LogP contribution in [0.3, 0.4) is 0 Å². The highest BCUT2D eigenvalue weighted by Gasteiger charge is 2.05. The molecule has 3 aromatic rings. The van der Waals surface area contributed by atoms with Crippen molar-refractivity contribution < 1.29 is 0 Å². The molecular formula is C17H17ClN2. The molecule has 0 aliphatic rings. The Morgan fingerprint density at radius 3 is 2.80 bits per heavy atom. The minimum Gasteiger partial charge on any atom is -0.383 e. The average Bonchev–Trinajstić information content (AvgIpc) is 2.77. The normalized spacial score (nSPS) is 10.9. The first-order valence-electron chi connectivity index (χ1n) is 6.78. The fourth-order valence-corrected chi connectivity index (χ4v) is 2.74. The molecule has 0 aliphatic heterocycles. The summed E-state index contributed by atoms with van der Waals surface area (Å²) in [5.74, 6) is 0. The monoisotopic (exact) mass is 284 g/mol. The highest BCUT2D eigenvalue weighted by atomic mass is 35.5. The molecule has 1 heterocycles. The Bertz CT molecular complexity index is 731. The lowest BCUT2D eigenvalue weighted by molar-refractivity contribution is 0.757. The van der Waals surface area contributed by atoms with Crippen molar-refractivity contribution >= 4 is 28.2 Å². The molecule has 0 aliphatic carbocycles. The zero-order chi connectivity index (χ0) is 13.9. The molecule has 102 valence electrons. The van der Waals surface area contributed by atoms with Gasteiger partial charge in [0.1, 0.15) is 0 Å². The van der Waals surface area contributed by atoms with Gasteiger partial charge in [-0.2, -0.15) is 0 Å². The fraction of sp³-hybridized carbons (Fsp3) is 0.176. The van der Waals surface area contributed by atoms with Crippen molar-refractivity contribution in [1.82, 2.24) is 4.57 Å². The summed E-state index contributed by atoms with van der Waals surface area (Å²) >= 11 is 6.25. The zero-order valence-electron chi connectivity index (χ0n) is 11.4. The van der Waals surface area contributed by atoms with Crippen molar-refractivity contribution in [3.63, 3.8) is 0 Å². The molecule has 3 heteroatoms. The lowest BCUT2D eigenvalue weighted by Crippen LogP contribution is -2.09. The van der Waals surface area contributed by atoms with Crippen molar-refractivity contribution in [2.45, 2.75) is 13.5 Å². The second-order valence-corrected chi connectivity index (χ2v) is 5.39. The van der Waals surface area contributed by atoms with Crippen molar-refractivity contribution in [1.29, 1.82) is 0 Å². The van der Waals surface area contributed by atoms with Crippen LogP contribution in [-0.4, -0.2) is 11.1 Å². The van der Waals surface area contributed by atoms with Crippen LogP contribution in [0.15, 0.2) is 54.7 Å². The van der Waals surface area contributed by atoms with Crippen molar-refractivity contribution in [2.75, 3.05) is 11.9 Å². The number of benzene rings is 2. The molecule has 0 saturated heterocycles. The third-order valence-corrected chi connectivity index (χ3v) is 3.74. The first kappa shape index (κ1) is 13.1. The molecule has 0 saturated carbocycles. The van der Waals surface area contributed by atoms with Gasteiger partial charge in [0, 0.05) is 35.9 Å². The van der Waals surface area contributed by atoms with Gasteiger partial charge < -0.3 is 9.88 Å². The maximum absolute atomic E-state index is 6.25. The standard InChI is InChI=1S/C17H17ClN2/c1-13-5-4-6-14(11-13)19-9-10-20-12-16(18)15-7-2-3-8-17(15)20/h2-8,11-12,19H,9-10H2,1H3. The number of nitrogens with zero attached hydrogens (tertiary/aromatic N) is 1. The molecule has 2 aromatic carbocycles. The van der Waals surface area contributed by atoms with E-state index in [-0.39, 0.29) is 0 Å². The maximum atomic E-state index is 6.25. The molecule has 1 N–H and O–H groups in total. The first-order valence-corrected chi connectivity index (χ1v) is 7.16. The van der Waals surface area contributed by atoms with Gasteiger partial charge in [-0.25, -0.2) is 0 Å². The maximum Gasteiger partial charge on any atom is 0.0661 e. The first-order chi connectivity index (χ1) is 9.74. The van der Waals surface area contributed by atoms with E-state index in [4.69, 9.17) is 11.6 Å². The summed E-state index contributed by atoms with van der Waals surface area (Å²) in [5.41, 5.74) is 3.61. The average molecular weight is 285 g/mol. The van der Waals surface area contributed by atoms with Gasteiger partial charge in [-0.05, 0) is 30.7 Å². The Morgan fingerprint density at radius 1 is 1.10 bits per heavy atom. The van der Waals surface area contributed by atoms with E-state index in [0.29, 0.717) is 0 Å². The van der Waals surface area contributed by atoms with Gasteiger partial charge >= 0.3 is 0 Å². The van der Waals surface area contributed by atoms with Crippen LogP contribution in [0.25, 0.3) is 10.9 Å². The second-order valence-electron chi connectivity index (χ2n) is 4.98. The second kappa shape index (κ2) is 5.59. The summed E-state index contributed by atoms with van der Waals surface area (Å²) in [6.45, 7) is 3.87. The molecule has 3 rings (SSSR count). The number of aromatic nitrogens is 1. The molecule has 0 amide bonds. The van der Waals surface area contributed by atoms with Crippen LogP contribution in [0.2, 0.25) is 5.02 Å². The van der Waals surface area contributed by atoms with Crippen molar-refractivity contribution in [3.8, 4) is 0 Å². The van der Waals surface area contributed by atoms with Gasteiger partial charge in [0.25, 0.3) is 0 Å². The van der Waals surface area contributed by atoms with Gasteiger partial charge in [0.2, 0.25) is 0 Å². The van der Waals surface area contributed by atoms with Gasteiger partial charge in [-0.1, -0.05) is 41.9 Å². The zero-order valence-corrected chi connectivity index (χ0v) is 12.2. The Labute approximate surface area is 124 Å². The van der Waals surface area contributed by atoms with E-state index < -0.39 is 0 Å². The summed E-state index contributed by atoms with van der Waals surface area (Å²) < 4.78 is 2.19. The molecule has 0 fully saturated rings. The summed E-state index contributed by atoms with van der Waals surface area (Å²) in [6, 6.07) is 16.6. The Morgan fingerprint density at radius 2 is 1.95 bits per heavy atom. The van der Waals surface area contributed by atoms with Crippen LogP contribution in [0.1, 0.15) is 5.56 Å². The van der Waals surface area contributed by atoms with Crippen LogP contribution in [0, 0.1) is 6.92 Å².